The molecule has 16 nitrogen and oxygen atoms in total. The molecule has 0 aromatic carbocycles. The third kappa shape index (κ3) is 11.4. The zero-order valence-electron chi connectivity index (χ0n) is 26.2. The number of carboxylic acid groups (broad SMARTS) is 2. The Balaban J connectivity index is 1.41. The first-order valence-electron chi connectivity index (χ1n) is 15.1. The summed E-state index contributed by atoms with van der Waals surface area (Å²) in [7, 11) is -2.94. The molecule has 4 heterocycles. The predicted molar refractivity (Wildman–Crippen MR) is 180 cm³/mol. The fourth-order valence-corrected chi connectivity index (χ4v) is 6.20. The molecule has 0 unspecified atom stereocenters. The van der Waals surface area contributed by atoms with Crippen molar-refractivity contribution in [3.05, 3.63) is 68.6 Å². The van der Waals surface area contributed by atoms with Gasteiger partial charge in [0, 0.05) is 5.56 Å². The number of rotatable bonds is 15. The predicted octanol–water partition coefficient (Wildman–Crippen LogP) is 1.12. The Morgan fingerprint density at radius 2 is 1.43 bits per heavy atom. The molecule has 0 spiro atoms. The summed E-state index contributed by atoms with van der Waals surface area (Å²) in [5, 5.41) is 55.9. The number of oxime groups is 2. The second-order valence-corrected chi connectivity index (χ2v) is 12.5. The zero-order valence-corrected chi connectivity index (χ0v) is 27.8. The van der Waals surface area contributed by atoms with Crippen LogP contribution < -0.4 is 10.6 Å². The van der Waals surface area contributed by atoms with Crippen molar-refractivity contribution in [3.63, 3.8) is 0 Å². The molecule has 2 aromatic rings. The molecule has 4 atom stereocenters. The van der Waals surface area contributed by atoms with Crippen LogP contribution in [0.3, 0.4) is 0 Å². The highest BCUT2D eigenvalue weighted by molar-refractivity contribution is 7.13. The minimum atomic E-state index is -1.47. The van der Waals surface area contributed by atoms with Gasteiger partial charge in [-0.05, 0) is 42.7 Å². The van der Waals surface area contributed by atoms with Crippen LogP contribution in [-0.2, 0) is 44.8 Å². The molecule has 0 fully saturated rings. The quantitative estimate of drug-likeness (QED) is 0.0659. The van der Waals surface area contributed by atoms with Gasteiger partial charge in [-0.15, -0.1) is 22.7 Å². The van der Waals surface area contributed by atoms with Gasteiger partial charge in [0.15, 0.2) is 11.4 Å². The van der Waals surface area contributed by atoms with Crippen molar-refractivity contribution in [2.75, 3.05) is 6.61 Å². The molecule has 2 aromatic heterocycles. The minimum absolute atomic E-state index is 0.0604. The molecule has 0 bridgehead atoms. The molecule has 2 aliphatic rings. The maximum Gasteiger partial charge on any atom is 0.478 e. The molecule has 0 aliphatic carbocycles. The fourth-order valence-electron chi connectivity index (χ4n) is 4.62. The van der Waals surface area contributed by atoms with Gasteiger partial charge in [-0.25, -0.2) is 0 Å². The van der Waals surface area contributed by atoms with E-state index in [4.69, 9.17) is 29.2 Å². The van der Waals surface area contributed by atoms with Crippen LogP contribution >= 0.6 is 22.7 Å². The van der Waals surface area contributed by atoms with E-state index >= 15 is 0 Å². The summed E-state index contributed by atoms with van der Waals surface area (Å²) in [6.07, 6.45) is 4.28. The first kappa shape index (κ1) is 37.5. The number of carboxylic acids is 2. The lowest BCUT2D eigenvalue weighted by atomic mass is 9.77. The molecule has 49 heavy (non-hydrogen) atoms. The van der Waals surface area contributed by atoms with Crippen molar-refractivity contribution in [2.24, 2.45) is 10.3 Å². The van der Waals surface area contributed by atoms with E-state index in [1.165, 1.54) is 34.8 Å². The lowest BCUT2D eigenvalue weighted by Gasteiger charge is -2.20. The summed E-state index contributed by atoms with van der Waals surface area (Å²) < 4.78 is 10.8. The lowest BCUT2D eigenvalue weighted by Crippen LogP contribution is -2.50. The van der Waals surface area contributed by atoms with Gasteiger partial charge in [0.2, 0.25) is 0 Å². The largest absolute Gasteiger partial charge is 0.481 e. The number of nitrogens with zero attached hydrogens (tertiary/aromatic N) is 2. The van der Waals surface area contributed by atoms with Crippen molar-refractivity contribution in [1.82, 2.24) is 10.6 Å². The van der Waals surface area contributed by atoms with E-state index < -0.39 is 62.1 Å². The Labute approximate surface area is 289 Å². The molecule has 0 saturated carbocycles. The van der Waals surface area contributed by atoms with Gasteiger partial charge in [0.25, 0.3) is 11.8 Å². The number of carbonyl (C=O) groups excluding carboxylic acids is 2. The highest BCUT2D eigenvalue weighted by Gasteiger charge is 2.35. The van der Waals surface area contributed by atoms with Crippen LogP contribution in [0, 0.1) is 0 Å². The second kappa shape index (κ2) is 18.4. The van der Waals surface area contributed by atoms with Gasteiger partial charge in [-0.1, -0.05) is 40.7 Å². The van der Waals surface area contributed by atoms with Crippen LogP contribution in [0.4, 0.5) is 0 Å². The van der Waals surface area contributed by atoms with Gasteiger partial charge in [-0.2, -0.15) is 0 Å². The van der Waals surface area contributed by atoms with Crippen LogP contribution in [-0.4, -0.2) is 100 Å². The van der Waals surface area contributed by atoms with E-state index in [1.54, 1.807) is 48.0 Å². The number of hydrogen-bond acceptors (Lipinski definition) is 14. The number of aliphatic carboxylic acids is 2. The molecular weight excluding hydrogens is 682 g/mol. The van der Waals surface area contributed by atoms with E-state index in [-0.39, 0.29) is 50.3 Å². The Morgan fingerprint density at radius 1 is 0.878 bits per heavy atom. The Kier molecular flexibility index (Phi) is 14.1. The summed E-state index contributed by atoms with van der Waals surface area (Å²) in [5.74, 6) is -5.27. The molecule has 6 N–H and O–H groups in total. The van der Waals surface area contributed by atoms with Gasteiger partial charge >= 0.3 is 26.2 Å². The highest BCUT2D eigenvalue weighted by atomic mass is 32.1. The molecule has 4 rings (SSSR count). The average molecular weight is 716 g/mol. The maximum atomic E-state index is 13.3. The van der Waals surface area contributed by atoms with Crippen LogP contribution in [0.5, 0.6) is 0 Å². The van der Waals surface area contributed by atoms with Gasteiger partial charge < -0.3 is 49.9 Å². The van der Waals surface area contributed by atoms with E-state index in [9.17, 15) is 29.2 Å². The third-order valence-electron chi connectivity index (χ3n) is 6.93. The van der Waals surface area contributed by atoms with Crippen molar-refractivity contribution in [1.29, 1.82) is 0 Å². The smallest absolute Gasteiger partial charge is 0.478 e. The lowest BCUT2D eigenvalue weighted by molar-refractivity contribution is -0.139. The number of hydrogen-bond donors (Lipinski definition) is 6. The van der Waals surface area contributed by atoms with Crippen molar-refractivity contribution in [2.45, 2.75) is 63.3 Å². The van der Waals surface area contributed by atoms with E-state index in [0.717, 1.165) is 0 Å². The minimum Gasteiger partial charge on any atom is -0.481 e. The Bertz CT molecular complexity index is 1580. The van der Waals surface area contributed by atoms with Gasteiger partial charge in [0.05, 0.1) is 46.7 Å². The third-order valence-corrected chi connectivity index (χ3v) is 8.79. The van der Waals surface area contributed by atoms with Crippen LogP contribution in [0.1, 0.15) is 47.9 Å². The Morgan fingerprint density at radius 3 is 1.94 bits per heavy atom. The molecule has 0 radical (unpaired) electrons. The normalized spacial score (nSPS) is 21.4. The van der Waals surface area contributed by atoms with Crippen LogP contribution in [0.2, 0.25) is 0 Å². The number of carbonyl (C=O) groups is 4. The van der Waals surface area contributed by atoms with E-state index in [1.807, 2.05) is 0 Å². The van der Waals surface area contributed by atoms with Crippen LogP contribution in [0.15, 0.2) is 63.6 Å². The number of nitrogens with one attached hydrogen (secondary N) is 2. The number of amides is 2. The molecule has 20 heteroatoms. The summed E-state index contributed by atoms with van der Waals surface area (Å²) in [4.78, 5) is 60.3. The Hall–Kier alpha value is -4.33. The number of thiophene rings is 2. The summed E-state index contributed by atoms with van der Waals surface area (Å²) >= 11 is 2.41. The van der Waals surface area contributed by atoms with Crippen molar-refractivity contribution < 1.29 is 58.4 Å². The standard InChI is InChI=1S/C29H34B2N4O12S2/c1-2-44-34-27(29(41)33-23-10-4-7-19(14-25(38)39)47-31(23)43)21-12-17(16-49-21)15-45-35-26(20-8-5-11-48-20)28(40)32-22-9-3-6-18(13-24(36)37)46-30(22)42/h3-8,11-12,16,18-19,22-23,42-43H,2,9-10,13-15H2,1H3,(H,32,40)(H,33,41)(H,36,37)(H,38,39)/b34-27+,35-26-/t18-,19-,22+,23+/m1/s1. The van der Waals surface area contributed by atoms with Crippen LogP contribution in [0.25, 0.3) is 0 Å². The monoisotopic (exact) mass is 716 g/mol. The summed E-state index contributed by atoms with van der Waals surface area (Å²) in [5.41, 5.74) is 0.451. The SMILES string of the molecule is CCO/N=C(/C(=O)N[C@H]1CC=C[C@H](CC(=O)O)OB1O)c1cc(CO/N=C(\C(=O)N[C@H]2CC=C[C@H](CC(=O)O)OB2O)c2cccs2)cs1. The molecule has 2 aliphatic heterocycles. The van der Waals surface area contributed by atoms with E-state index in [2.05, 4.69) is 20.9 Å². The second-order valence-electron chi connectivity index (χ2n) is 10.7. The molecule has 2 amide bonds. The fraction of sp³-hybridized carbons (Fsp3) is 0.379. The van der Waals surface area contributed by atoms with Gasteiger partial charge in [0.1, 0.15) is 13.2 Å². The summed E-state index contributed by atoms with van der Waals surface area (Å²) in [6, 6.07) is 5.03. The topological polar surface area (TPSA) is 235 Å². The first-order valence-corrected chi connectivity index (χ1v) is 16.9. The zero-order chi connectivity index (χ0) is 35.3. The van der Waals surface area contributed by atoms with Crippen molar-refractivity contribution in [3.8, 4) is 0 Å². The first-order chi connectivity index (χ1) is 23.5. The van der Waals surface area contributed by atoms with Gasteiger partial charge in [-0.3, -0.25) is 19.2 Å². The van der Waals surface area contributed by atoms with Crippen molar-refractivity contribution >= 4 is 72.1 Å². The maximum absolute atomic E-state index is 13.3. The molecular formula is C29H34B2N4O12S2. The van der Waals surface area contributed by atoms with E-state index in [0.29, 0.717) is 15.3 Å². The highest BCUT2D eigenvalue weighted by Crippen LogP contribution is 2.20. The molecule has 0 saturated heterocycles. The molecule has 260 valence electrons. The average Bonchev–Trinajstić information content (AvgIpc) is 3.67. The summed E-state index contributed by atoms with van der Waals surface area (Å²) in [6.45, 7) is 1.78.